The Morgan fingerprint density at radius 3 is 2.46 bits per heavy atom. The molecule has 1 aromatic carbocycles. The van der Waals surface area contributed by atoms with E-state index in [1.807, 2.05) is 35.0 Å². The van der Waals surface area contributed by atoms with E-state index in [2.05, 4.69) is 27.6 Å². The van der Waals surface area contributed by atoms with E-state index in [9.17, 15) is 0 Å². The van der Waals surface area contributed by atoms with Gasteiger partial charge in [-0.3, -0.25) is 4.57 Å². The molecule has 0 aliphatic carbocycles. The minimum absolute atomic E-state index is 0.515. The van der Waals surface area contributed by atoms with Crippen LogP contribution in [0.4, 0.5) is 5.95 Å². The Balaban J connectivity index is 2.47. The lowest BCUT2D eigenvalue weighted by Crippen LogP contribution is -1.99. The zero-order valence-electron chi connectivity index (χ0n) is 6.81. The standard InChI is InChI=1S/C9H8IN3/c10-7-1-3-8(4-2-7)13-6-5-12-9(13)11/h1-6H,(H2,11,12). The first-order chi connectivity index (χ1) is 6.27. The summed E-state index contributed by atoms with van der Waals surface area (Å²) in [5.74, 6) is 0.515. The average molecular weight is 285 g/mol. The maximum Gasteiger partial charge on any atom is 0.204 e. The Hall–Kier alpha value is -1.04. The minimum Gasteiger partial charge on any atom is -0.369 e. The summed E-state index contributed by atoms with van der Waals surface area (Å²) in [6, 6.07) is 8.10. The van der Waals surface area contributed by atoms with Gasteiger partial charge in [0.15, 0.2) is 0 Å². The van der Waals surface area contributed by atoms with Crippen LogP contribution in [0.3, 0.4) is 0 Å². The highest BCUT2D eigenvalue weighted by Gasteiger charge is 1.99. The third-order valence-electron chi connectivity index (χ3n) is 1.77. The zero-order valence-corrected chi connectivity index (χ0v) is 8.97. The number of nitrogens with two attached hydrogens (primary N) is 1. The molecular formula is C9H8IN3. The smallest absolute Gasteiger partial charge is 0.204 e. The van der Waals surface area contributed by atoms with Gasteiger partial charge in [-0.2, -0.15) is 0 Å². The van der Waals surface area contributed by atoms with Gasteiger partial charge in [0, 0.05) is 21.7 Å². The zero-order chi connectivity index (χ0) is 9.26. The second kappa shape index (κ2) is 3.37. The van der Waals surface area contributed by atoms with Crippen molar-refractivity contribution >= 4 is 28.5 Å². The number of rotatable bonds is 1. The van der Waals surface area contributed by atoms with Crippen molar-refractivity contribution in [3.63, 3.8) is 0 Å². The third-order valence-corrected chi connectivity index (χ3v) is 2.49. The number of nitrogen functional groups attached to an aromatic ring is 1. The molecule has 0 radical (unpaired) electrons. The van der Waals surface area contributed by atoms with Gasteiger partial charge in [0.25, 0.3) is 0 Å². The molecule has 3 nitrogen and oxygen atoms in total. The molecule has 2 aromatic rings. The van der Waals surface area contributed by atoms with Gasteiger partial charge < -0.3 is 5.73 Å². The molecule has 2 rings (SSSR count). The summed E-state index contributed by atoms with van der Waals surface area (Å²) in [5.41, 5.74) is 6.70. The van der Waals surface area contributed by atoms with Crippen molar-refractivity contribution in [1.82, 2.24) is 9.55 Å². The molecule has 0 spiro atoms. The van der Waals surface area contributed by atoms with Crippen LogP contribution in [0, 0.1) is 3.57 Å². The number of hydrogen-bond donors (Lipinski definition) is 1. The number of halogens is 1. The van der Waals surface area contributed by atoms with Crippen LogP contribution in [0.1, 0.15) is 0 Å². The number of imidazole rings is 1. The van der Waals surface area contributed by atoms with E-state index in [0.29, 0.717) is 5.95 Å². The molecule has 0 saturated heterocycles. The van der Waals surface area contributed by atoms with E-state index in [-0.39, 0.29) is 0 Å². The summed E-state index contributed by atoms with van der Waals surface area (Å²) >= 11 is 2.27. The Morgan fingerprint density at radius 1 is 1.23 bits per heavy atom. The summed E-state index contributed by atoms with van der Waals surface area (Å²) in [5, 5.41) is 0. The molecule has 2 N–H and O–H groups in total. The maximum atomic E-state index is 5.66. The monoisotopic (exact) mass is 285 g/mol. The van der Waals surface area contributed by atoms with E-state index >= 15 is 0 Å². The molecule has 1 aromatic heterocycles. The Kier molecular flexibility index (Phi) is 2.22. The van der Waals surface area contributed by atoms with Crippen molar-refractivity contribution in [3.05, 3.63) is 40.2 Å². The average Bonchev–Trinajstić information content (AvgIpc) is 2.53. The second-order valence-electron chi connectivity index (χ2n) is 2.63. The molecule has 0 amide bonds. The van der Waals surface area contributed by atoms with Crippen molar-refractivity contribution in [2.45, 2.75) is 0 Å². The number of anilines is 1. The van der Waals surface area contributed by atoms with Gasteiger partial charge in [-0.15, -0.1) is 0 Å². The van der Waals surface area contributed by atoms with Gasteiger partial charge in [0.2, 0.25) is 5.95 Å². The van der Waals surface area contributed by atoms with Gasteiger partial charge in [-0.05, 0) is 46.9 Å². The number of aromatic nitrogens is 2. The Morgan fingerprint density at radius 2 is 1.92 bits per heavy atom. The first-order valence-corrected chi connectivity index (χ1v) is 4.90. The molecule has 4 heteroatoms. The summed E-state index contributed by atoms with van der Waals surface area (Å²) in [7, 11) is 0. The van der Waals surface area contributed by atoms with Crippen LogP contribution in [0.15, 0.2) is 36.7 Å². The van der Waals surface area contributed by atoms with Crippen molar-refractivity contribution in [2.75, 3.05) is 5.73 Å². The highest BCUT2D eigenvalue weighted by Crippen LogP contribution is 2.13. The highest BCUT2D eigenvalue weighted by molar-refractivity contribution is 14.1. The molecule has 0 saturated carbocycles. The normalized spacial score (nSPS) is 10.2. The fourth-order valence-electron chi connectivity index (χ4n) is 1.13. The molecule has 0 atom stereocenters. The maximum absolute atomic E-state index is 5.66. The lowest BCUT2D eigenvalue weighted by molar-refractivity contribution is 1.07. The van der Waals surface area contributed by atoms with E-state index in [1.165, 1.54) is 3.57 Å². The molecular weight excluding hydrogens is 277 g/mol. The fraction of sp³-hybridized carbons (Fsp3) is 0. The van der Waals surface area contributed by atoms with E-state index in [1.54, 1.807) is 6.20 Å². The van der Waals surface area contributed by atoms with Crippen molar-refractivity contribution in [1.29, 1.82) is 0 Å². The van der Waals surface area contributed by atoms with Crippen molar-refractivity contribution in [2.24, 2.45) is 0 Å². The first-order valence-electron chi connectivity index (χ1n) is 3.82. The number of nitrogens with zero attached hydrogens (tertiary/aromatic N) is 2. The van der Waals surface area contributed by atoms with Gasteiger partial charge in [-0.25, -0.2) is 4.98 Å². The minimum atomic E-state index is 0.515. The molecule has 66 valence electrons. The SMILES string of the molecule is Nc1nccn1-c1ccc(I)cc1. The first kappa shape index (κ1) is 8.55. The van der Waals surface area contributed by atoms with E-state index in [0.717, 1.165) is 5.69 Å². The summed E-state index contributed by atoms with van der Waals surface area (Å²) in [6.45, 7) is 0. The largest absolute Gasteiger partial charge is 0.369 e. The Labute approximate surface area is 89.7 Å². The van der Waals surface area contributed by atoms with Crippen LogP contribution in [0.5, 0.6) is 0 Å². The molecule has 0 unspecified atom stereocenters. The van der Waals surface area contributed by atoms with Gasteiger partial charge >= 0.3 is 0 Å². The second-order valence-corrected chi connectivity index (χ2v) is 3.88. The van der Waals surface area contributed by atoms with E-state index in [4.69, 9.17) is 5.73 Å². The lowest BCUT2D eigenvalue weighted by atomic mass is 10.3. The molecule has 0 aliphatic rings. The van der Waals surface area contributed by atoms with Gasteiger partial charge in [-0.1, -0.05) is 0 Å². The van der Waals surface area contributed by atoms with Gasteiger partial charge in [0.05, 0.1) is 0 Å². The van der Waals surface area contributed by atoms with Crippen LogP contribution >= 0.6 is 22.6 Å². The predicted molar refractivity (Wildman–Crippen MR) is 60.7 cm³/mol. The molecule has 0 fully saturated rings. The highest BCUT2D eigenvalue weighted by atomic mass is 127. The fourth-order valence-corrected chi connectivity index (χ4v) is 1.49. The third kappa shape index (κ3) is 1.67. The van der Waals surface area contributed by atoms with Crippen LogP contribution in [-0.4, -0.2) is 9.55 Å². The van der Waals surface area contributed by atoms with E-state index < -0.39 is 0 Å². The molecule has 0 aliphatic heterocycles. The van der Waals surface area contributed by atoms with Crippen molar-refractivity contribution in [3.8, 4) is 5.69 Å². The number of hydrogen-bond acceptors (Lipinski definition) is 2. The molecule has 1 heterocycles. The summed E-state index contributed by atoms with van der Waals surface area (Å²) < 4.78 is 3.05. The quantitative estimate of drug-likeness (QED) is 0.815. The predicted octanol–water partition coefficient (Wildman–Crippen LogP) is 2.06. The summed E-state index contributed by atoms with van der Waals surface area (Å²) in [6.07, 6.45) is 3.53. The topological polar surface area (TPSA) is 43.8 Å². The van der Waals surface area contributed by atoms with Crippen LogP contribution in [-0.2, 0) is 0 Å². The van der Waals surface area contributed by atoms with Crippen LogP contribution < -0.4 is 5.73 Å². The molecule has 0 bridgehead atoms. The number of benzene rings is 1. The Bertz CT molecular complexity index is 405. The lowest BCUT2D eigenvalue weighted by Gasteiger charge is -2.03. The van der Waals surface area contributed by atoms with Gasteiger partial charge in [0.1, 0.15) is 0 Å². The van der Waals surface area contributed by atoms with Crippen molar-refractivity contribution < 1.29 is 0 Å². The van der Waals surface area contributed by atoms with Crippen LogP contribution in [0.2, 0.25) is 0 Å². The molecule has 13 heavy (non-hydrogen) atoms. The summed E-state index contributed by atoms with van der Waals surface area (Å²) in [4.78, 5) is 3.95. The van der Waals surface area contributed by atoms with Crippen LogP contribution in [0.25, 0.3) is 5.69 Å².